The van der Waals surface area contributed by atoms with Crippen LogP contribution < -0.4 is 19.3 Å². The monoisotopic (exact) mass is 602 g/mol. The summed E-state index contributed by atoms with van der Waals surface area (Å²) in [6.07, 6.45) is 6.87. The lowest BCUT2D eigenvalue weighted by Gasteiger charge is -2.37. The van der Waals surface area contributed by atoms with Crippen molar-refractivity contribution in [1.29, 1.82) is 0 Å². The average molecular weight is 604 g/mol. The predicted octanol–water partition coefficient (Wildman–Crippen LogP) is 6.45. The van der Waals surface area contributed by atoms with Gasteiger partial charge in [-0.15, -0.1) is 6.42 Å². The molecule has 1 aliphatic rings. The van der Waals surface area contributed by atoms with Crippen LogP contribution in [0, 0.1) is 40.0 Å². The lowest BCUT2D eigenvalue weighted by Crippen LogP contribution is -2.57. The number of methoxy groups -OCH3 is 1. The zero-order chi connectivity index (χ0) is 28.4. The third-order valence-corrected chi connectivity index (χ3v) is 7.00. The Hall–Kier alpha value is -3.93. The summed E-state index contributed by atoms with van der Waals surface area (Å²) in [4.78, 5) is 30.8. The Morgan fingerprint density at radius 2 is 1.36 bits per heavy atom. The predicted molar refractivity (Wildman–Crippen MR) is 162 cm³/mol. The van der Waals surface area contributed by atoms with E-state index >= 15 is 0 Å². The molecule has 2 amide bonds. The highest BCUT2D eigenvalue weighted by Gasteiger charge is 2.41. The molecule has 8 heteroatoms. The molecule has 1 saturated heterocycles. The van der Waals surface area contributed by atoms with Crippen LogP contribution in [0.4, 0.5) is 11.4 Å². The number of hydrogen-bond acceptors (Lipinski definition) is 5. The van der Waals surface area contributed by atoms with E-state index in [0.29, 0.717) is 32.9 Å². The summed E-state index contributed by atoms with van der Waals surface area (Å²) in [5.41, 5.74) is 5.56. The number of halogens is 1. The first-order valence-electron chi connectivity index (χ1n) is 12.1. The molecular weight excluding hydrogens is 576 g/mol. The summed E-state index contributed by atoms with van der Waals surface area (Å²) in [5.74, 6) is 2.22. The molecule has 0 N–H and O–H groups in total. The molecule has 0 radical (unpaired) electrons. The van der Waals surface area contributed by atoms with Crippen LogP contribution in [0.25, 0.3) is 6.08 Å². The topological polar surface area (TPSA) is 59.1 Å². The Balaban J connectivity index is 1.91. The summed E-state index contributed by atoms with van der Waals surface area (Å²) in [7, 11) is 1.50. The normalized spacial score (nSPS) is 13.5. The van der Waals surface area contributed by atoms with Crippen molar-refractivity contribution in [1.82, 2.24) is 0 Å². The first-order valence-corrected chi connectivity index (χ1v) is 13.3. The van der Waals surface area contributed by atoms with Gasteiger partial charge < -0.3 is 9.47 Å². The molecule has 6 nitrogen and oxygen atoms in total. The van der Waals surface area contributed by atoms with Gasteiger partial charge in [0, 0.05) is 0 Å². The van der Waals surface area contributed by atoms with E-state index < -0.39 is 11.8 Å². The second-order valence-corrected chi connectivity index (χ2v) is 10.6. The Bertz CT molecular complexity index is 1470. The molecule has 198 valence electrons. The van der Waals surface area contributed by atoms with E-state index in [1.807, 2.05) is 64.1 Å². The van der Waals surface area contributed by atoms with E-state index in [0.717, 1.165) is 22.3 Å². The third kappa shape index (κ3) is 5.75. The van der Waals surface area contributed by atoms with Gasteiger partial charge in [0.1, 0.15) is 12.2 Å². The summed E-state index contributed by atoms with van der Waals surface area (Å²) in [6, 6.07) is 14.9. The van der Waals surface area contributed by atoms with Crippen molar-refractivity contribution < 1.29 is 19.1 Å². The van der Waals surface area contributed by atoms with E-state index in [1.54, 1.807) is 12.1 Å². The highest BCUT2D eigenvalue weighted by Crippen LogP contribution is 2.38. The lowest BCUT2D eigenvalue weighted by atomic mass is 10.0. The molecule has 0 atom stereocenters. The molecule has 0 bridgehead atoms. The van der Waals surface area contributed by atoms with Gasteiger partial charge >= 0.3 is 0 Å². The van der Waals surface area contributed by atoms with Crippen molar-refractivity contribution in [3.8, 4) is 23.8 Å². The van der Waals surface area contributed by atoms with Crippen molar-refractivity contribution in [2.24, 2.45) is 0 Å². The number of terminal acetylenes is 1. The number of benzene rings is 3. The van der Waals surface area contributed by atoms with E-state index in [1.165, 1.54) is 23.0 Å². The van der Waals surface area contributed by atoms with Crippen LogP contribution in [0.3, 0.4) is 0 Å². The standard InChI is InChI=1S/C31H27BrN2O4S/c1-7-8-38-28-26(32)16-22(17-27(28)37-6)15-25-29(35)33(23-11-18(2)9-19(3)12-23)31(39)34(30(25)36)24-13-20(4)10-21(5)14-24/h1,9-17H,8H2,2-6H3. The molecule has 0 unspecified atom stereocenters. The van der Waals surface area contributed by atoms with Gasteiger partial charge in [-0.2, -0.15) is 0 Å². The maximum absolute atomic E-state index is 14.0. The van der Waals surface area contributed by atoms with Crippen molar-refractivity contribution >= 4 is 62.5 Å². The van der Waals surface area contributed by atoms with Crippen LogP contribution in [-0.2, 0) is 9.59 Å². The number of anilines is 2. The summed E-state index contributed by atoms with van der Waals surface area (Å²) in [5, 5.41) is 0.0916. The first-order chi connectivity index (χ1) is 18.5. The fourth-order valence-corrected chi connectivity index (χ4v) is 5.54. The third-order valence-electron chi connectivity index (χ3n) is 6.04. The Morgan fingerprint density at radius 3 is 1.79 bits per heavy atom. The van der Waals surface area contributed by atoms with Gasteiger partial charge in [-0.3, -0.25) is 19.4 Å². The van der Waals surface area contributed by atoms with Crippen molar-refractivity contribution in [3.05, 3.63) is 86.4 Å². The van der Waals surface area contributed by atoms with Gasteiger partial charge in [0.25, 0.3) is 11.8 Å². The van der Waals surface area contributed by atoms with Crippen LogP contribution in [-0.4, -0.2) is 30.6 Å². The number of amides is 2. The minimum Gasteiger partial charge on any atom is -0.493 e. The van der Waals surface area contributed by atoms with E-state index in [4.69, 9.17) is 28.1 Å². The van der Waals surface area contributed by atoms with Gasteiger partial charge in [0.2, 0.25) is 0 Å². The molecule has 3 aromatic rings. The van der Waals surface area contributed by atoms with E-state index in [9.17, 15) is 9.59 Å². The van der Waals surface area contributed by atoms with Crippen molar-refractivity contribution in [3.63, 3.8) is 0 Å². The number of ether oxygens (including phenoxy) is 2. The molecule has 1 aliphatic heterocycles. The number of carbonyl (C=O) groups is 2. The molecule has 0 aromatic heterocycles. The zero-order valence-electron chi connectivity index (χ0n) is 22.3. The molecule has 0 aliphatic carbocycles. The second kappa shape index (κ2) is 11.4. The average Bonchev–Trinajstić information content (AvgIpc) is 2.84. The second-order valence-electron chi connectivity index (χ2n) is 9.34. The van der Waals surface area contributed by atoms with Crippen molar-refractivity contribution in [2.75, 3.05) is 23.5 Å². The van der Waals surface area contributed by atoms with Crippen LogP contribution >= 0.6 is 28.1 Å². The molecule has 1 fully saturated rings. The fourth-order valence-electron chi connectivity index (χ4n) is 4.59. The number of carbonyl (C=O) groups excluding carboxylic acids is 2. The smallest absolute Gasteiger partial charge is 0.270 e. The number of nitrogens with zero attached hydrogens (tertiary/aromatic N) is 2. The fraction of sp³-hybridized carbons (Fsp3) is 0.194. The van der Waals surface area contributed by atoms with Crippen LogP contribution in [0.2, 0.25) is 0 Å². The number of hydrogen-bond donors (Lipinski definition) is 0. The molecule has 1 heterocycles. The number of aryl methyl sites for hydroxylation is 4. The minimum absolute atomic E-state index is 0.0480. The van der Waals surface area contributed by atoms with Gasteiger partial charge in [0.15, 0.2) is 16.6 Å². The van der Waals surface area contributed by atoms with Crippen LogP contribution in [0.1, 0.15) is 27.8 Å². The first kappa shape index (κ1) is 28.1. The Kier molecular flexibility index (Phi) is 8.24. The van der Waals surface area contributed by atoms with Gasteiger partial charge in [-0.25, -0.2) is 0 Å². The molecule has 3 aromatic carbocycles. The van der Waals surface area contributed by atoms with Crippen LogP contribution in [0.5, 0.6) is 11.5 Å². The minimum atomic E-state index is -0.515. The summed E-state index contributed by atoms with van der Waals surface area (Å²) >= 11 is 9.29. The molecule has 4 rings (SSSR count). The molecule has 39 heavy (non-hydrogen) atoms. The molecular formula is C31H27BrN2O4S. The van der Waals surface area contributed by atoms with Gasteiger partial charge in [-0.1, -0.05) is 18.1 Å². The summed E-state index contributed by atoms with van der Waals surface area (Å²) < 4.78 is 11.7. The highest BCUT2D eigenvalue weighted by atomic mass is 79.9. The van der Waals surface area contributed by atoms with Gasteiger partial charge in [0.05, 0.1) is 23.0 Å². The lowest BCUT2D eigenvalue weighted by molar-refractivity contribution is -0.120. The maximum Gasteiger partial charge on any atom is 0.270 e. The van der Waals surface area contributed by atoms with E-state index in [2.05, 4.69) is 21.9 Å². The number of thiocarbonyl (C=S) groups is 1. The largest absolute Gasteiger partial charge is 0.493 e. The quantitative estimate of drug-likeness (QED) is 0.140. The van der Waals surface area contributed by atoms with Crippen molar-refractivity contribution in [2.45, 2.75) is 27.7 Å². The van der Waals surface area contributed by atoms with Crippen LogP contribution in [0.15, 0.2) is 58.6 Å². The maximum atomic E-state index is 14.0. The Morgan fingerprint density at radius 1 is 0.872 bits per heavy atom. The summed E-state index contributed by atoms with van der Waals surface area (Å²) in [6.45, 7) is 7.85. The molecule has 0 saturated carbocycles. The highest BCUT2D eigenvalue weighted by molar-refractivity contribution is 9.10. The zero-order valence-corrected chi connectivity index (χ0v) is 24.7. The van der Waals surface area contributed by atoms with E-state index in [-0.39, 0.29) is 17.3 Å². The molecule has 0 spiro atoms. The number of rotatable bonds is 6. The van der Waals surface area contributed by atoms with Gasteiger partial charge in [-0.05, 0) is 126 Å². The Labute approximate surface area is 242 Å². The SMILES string of the molecule is C#CCOc1c(Br)cc(C=C2C(=O)N(c3cc(C)cc(C)c3)C(=S)N(c3cc(C)cc(C)c3)C2=O)cc1OC.